The Kier molecular flexibility index (Phi) is 6.15. The van der Waals surface area contributed by atoms with Crippen molar-refractivity contribution in [2.24, 2.45) is 0 Å². The third-order valence-corrected chi connectivity index (χ3v) is 4.48. The van der Waals surface area contributed by atoms with Gasteiger partial charge in [0.25, 0.3) is 11.6 Å². The molecular weight excluding hydrogens is 396 g/mol. The van der Waals surface area contributed by atoms with E-state index in [1.54, 1.807) is 31.2 Å². The van der Waals surface area contributed by atoms with Gasteiger partial charge in [0, 0.05) is 22.7 Å². The van der Waals surface area contributed by atoms with Crippen LogP contribution >= 0.6 is 11.3 Å². The minimum atomic E-state index is -0.587. The van der Waals surface area contributed by atoms with Crippen LogP contribution < -0.4 is 10.6 Å². The topological polar surface area (TPSA) is 123 Å². The monoisotopic (exact) mass is 412 g/mol. The first kappa shape index (κ1) is 20.0. The van der Waals surface area contributed by atoms with Crippen LogP contribution in [0.4, 0.5) is 22.2 Å². The van der Waals surface area contributed by atoms with E-state index in [-0.39, 0.29) is 34.4 Å². The molecule has 9 nitrogen and oxygen atoms in total. The number of benzene rings is 2. The molecule has 0 aliphatic heterocycles. The minimum absolute atomic E-state index is 0.0838. The summed E-state index contributed by atoms with van der Waals surface area (Å²) >= 11 is 1.05. The van der Waals surface area contributed by atoms with E-state index < -0.39 is 16.8 Å². The summed E-state index contributed by atoms with van der Waals surface area (Å²) in [6, 6.07) is 13.1. The van der Waals surface area contributed by atoms with Crippen LogP contribution in [-0.2, 0) is 4.74 Å². The fourth-order valence-electron chi connectivity index (χ4n) is 2.41. The number of hydrogen-bond donors (Lipinski definition) is 2. The average molecular weight is 412 g/mol. The van der Waals surface area contributed by atoms with Crippen LogP contribution in [0.1, 0.15) is 27.8 Å². The summed E-state index contributed by atoms with van der Waals surface area (Å²) in [5.74, 6) is -1.17. The van der Waals surface area contributed by atoms with E-state index in [1.165, 1.54) is 23.6 Å². The molecule has 0 unspecified atom stereocenters. The SMILES string of the molecule is CCOC(=O)c1csc(NC(=O)c2ccc(Nc3ccccc3)c([N+](=O)[O-])c2)n1. The van der Waals surface area contributed by atoms with Crippen molar-refractivity contribution >= 4 is 45.4 Å². The zero-order valence-electron chi connectivity index (χ0n) is 15.2. The first-order valence-electron chi connectivity index (χ1n) is 8.52. The normalized spacial score (nSPS) is 10.2. The van der Waals surface area contributed by atoms with Gasteiger partial charge in [0.1, 0.15) is 5.69 Å². The molecule has 1 aromatic heterocycles. The lowest BCUT2D eigenvalue weighted by atomic mass is 10.1. The second kappa shape index (κ2) is 8.93. The Morgan fingerprint density at radius 3 is 2.66 bits per heavy atom. The molecule has 0 spiro atoms. The Morgan fingerprint density at radius 2 is 1.97 bits per heavy atom. The predicted octanol–water partition coefficient (Wildman–Crippen LogP) is 4.22. The second-order valence-electron chi connectivity index (χ2n) is 5.69. The van der Waals surface area contributed by atoms with Crippen molar-refractivity contribution in [3.63, 3.8) is 0 Å². The summed E-state index contributed by atoms with van der Waals surface area (Å²) in [6.45, 7) is 1.89. The molecule has 0 saturated carbocycles. The van der Waals surface area contributed by atoms with Gasteiger partial charge < -0.3 is 10.1 Å². The molecule has 0 aliphatic rings. The van der Waals surface area contributed by atoms with Crippen LogP contribution in [0.5, 0.6) is 0 Å². The number of para-hydroxylation sites is 1. The number of nitrogens with zero attached hydrogens (tertiary/aromatic N) is 2. The van der Waals surface area contributed by atoms with Crippen molar-refractivity contribution in [2.45, 2.75) is 6.92 Å². The summed E-state index contributed by atoms with van der Waals surface area (Å²) in [7, 11) is 0. The number of carbonyl (C=O) groups excluding carboxylic acids is 2. The molecule has 148 valence electrons. The molecule has 2 aromatic carbocycles. The predicted molar refractivity (Wildman–Crippen MR) is 109 cm³/mol. The fraction of sp³-hybridized carbons (Fsp3) is 0.105. The number of nitro groups is 1. The van der Waals surface area contributed by atoms with Gasteiger partial charge >= 0.3 is 5.97 Å². The maximum atomic E-state index is 12.5. The summed E-state index contributed by atoms with van der Waals surface area (Å²) in [5, 5.41) is 18.6. The van der Waals surface area contributed by atoms with Crippen molar-refractivity contribution in [3.8, 4) is 0 Å². The summed E-state index contributed by atoms with van der Waals surface area (Å²) in [6.07, 6.45) is 0. The molecule has 10 heteroatoms. The lowest BCUT2D eigenvalue weighted by Gasteiger charge is -2.08. The first-order chi connectivity index (χ1) is 14.0. The van der Waals surface area contributed by atoms with Crippen molar-refractivity contribution in [3.05, 3.63) is 75.3 Å². The number of thiazole rings is 1. The second-order valence-corrected chi connectivity index (χ2v) is 6.55. The number of aromatic nitrogens is 1. The third kappa shape index (κ3) is 4.93. The smallest absolute Gasteiger partial charge is 0.357 e. The number of nitrogens with one attached hydrogen (secondary N) is 2. The molecule has 3 aromatic rings. The molecular formula is C19H16N4O5S. The quantitative estimate of drug-likeness (QED) is 0.338. The highest BCUT2D eigenvalue weighted by Crippen LogP contribution is 2.29. The molecule has 1 heterocycles. The van der Waals surface area contributed by atoms with Crippen LogP contribution in [0.15, 0.2) is 53.9 Å². The Balaban J connectivity index is 1.78. The van der Waals surface area contributed by atoms with E-state index in [4.69, 9.17) is 4.74 Å². The van der Waals surface area contributed by atoms with E-state index in [1.807, 2.05) is 6.07 Å². The van der Waals surface area contributed by atoms with Gasteiger partial charge in [-0.25, -0.2) is 9.78 Å². The molecule has 1 amide bonds. The van der Waals surface area contributed by atoms with Gasteiger partial charge in [-0.15, -0.1) is 11.3 Å². The van der Waals surface area contributed by atoms with Gasteiger partial charge in [-0.05, 0) is 31.2 Å². The Bertz CT molecular complexity index is 1050. The lowest BCUT2D eigenvalue weighted by molar-refractivity contribution is -0.383. The number of ether oxygens (including phenoxy) is 1. The van der Waals surface area contributed by atoms with E-state index >= 15 is 0 Å². The fourth-order valence-corrected chi connectivity index (χ4v) is 3.08. The van der Waals surface area contributed by atoms with Gasteiger partial charge in [-0.3, -0.25) is 20.2 Å². The van der Waals surface area contributed by atoms with Crippen LogP contribution in [0.3, 0.4) is 0 Å². The lowest BCUT2D eigenvalue weighted by Crippen LogP contribution is -2.13. The highest BCUT2D eigenvalue weighted by Gasteiger charge is 2.19. The van der Waals surface area contributed by atoms with Gasteiger partial charge in [0.2, 0.25) is 0 Å². The van der Waals surface area contributed by atoms with Crippen molar-refractivity contribution in [1.29, 1.82) is 0 Å². The first-order valence-corrected chi connectivity index (χ1v) is 9.40. The number of amides is 1. The van der Waals surface area contributed by atoms with E-state index in [9.17, 15) is 19.7 Å². The number of anilines is 3. The zero-order valence-corrected chi connectivity index (χ0v) is 16.1. The molecule has 0 aliphatic carbocycles. The number of carbonyl (C=O) groups is 2. The summed E-state index contributed by atoms with van der Waals surface area (Å²) in [4.78, 5) is 39.0. The average Bonchev–Trinajstić information content (AvgIpc) is 3.17. The van der Waals surface area contributed by atoms with Crippen LogP contribution in [0, 0.1) is 10.1 Å². The van der Waals surface area contributed by atoms with E-state index in [0.717, 1.165) is 11.3 Å². The third-order valence-electron chi connectivity index (χ3n) is 3.72. The number of rotatable bonds is 7. The van der Waals surface area contributed by atoms with Gasteiger partial charge in [0.15, 0.2) is 10.8 Å². The number of nitro benzene ring substituents is 1. The van der Waals surface area contributed by atoms with Crippen molar-refractivity contribution in [1.82, 2.24) is 4.98 Å². The van der Waals surface area contributed by atoms with Crippen molar-refractivity contribution in [2.75, 3.05) is 17.2 Å². The molecule has 0 radical (unpaired) electrons. The Labute approximate surface area is 169 Å². The van der Waals surface area contributed by atoms with Gasteiger partial charge in [-0.2, -0.15) is 0 Å². The van der Waals surface area contributed by atoms with Gasteiger partial charge in [0.05, 0.1) is 11.5 Å². The largest absolute Gasteiger partial charge is 0.461 e. The van der Waals surface area contributed by atoms with Gasteiger partial charge in [-0.1, -0.05) is 18.2 Å². The molecule has 2 N–H and O–H groups in total. The number of esters is 1. The van der Waals surface area contributed by atoms with Crippen molar-refractivity contribution < 1.29 is 19.2 Å². The molecule has 29 heavy (non-hydrogen) atoms. The van der Waals surface area contributed by atoms with E-state index in [2.05, 4.69) is 15.6 Å². The maximum absolute atomic E-state index is 12.5. The maximum Gasteiger partial charge on any atom is 0.357 e. The standard InChI is InChI=1S/C19H16N4O5S/c1-2-28-18(25)15-11-29-19(21-15)22-17(24)12-8-9-14(16(10-12)23(26)27)20-13-6-4-3-5-7-13/h3-11,20H,2H2,1H3,(H,21,22,24). The van der Waals surface area contributed by atoms with E-state index in [0.29, 0.717) is 5.69 Å². The molecule has 0 atom stereocenters. The zero-order chi connectivity index (χ0) is 20.8. The highest BCUT2D eigenvalue weighted by atomic mass is 32.1. The van der Waals surface area contributed by atoms with Crippen LogP contribution in [0.2, 0.25) is 0 Å². The van der Waals surface area contributed by atoms with Crippen LogP contribution in [0.25, 0.3) is 0 Å². The number of hydrogen-bond acceptors (Lipinski definition) is 8. The molecule has 0 bridgehead atoms. The Morgan fingerprint density at radius 1 is 1.21 bits per heavy atom. The molecule has 0 saturated heterocycles. The Hall–Kier alpha value is -3.79. The summed E-state index contributed by atoms with van der Waals surface area (Å²) < 4.78 is 4.85. The molecule has 0 fully saturated rings. The summed E-state index contributed by atoms with van der Waals surface area (Å²) in [5.41, 5.74) is 0.871. The van der Waals surface area contributed by atoms with Crippen LogP contribution in [-0.4, -0.2) is 28.4 Å². The highest BCUT2D eigenvalue weighted by molar-refractivity contribution is 7.14. The molecule has 3 rings (SSSR count). The minimum Gasteiger partial charge on any atom is -0.461 e.